The van der Waals surface area contributed by atoms with Crippen LogP contribution in [0.4, 0.5) is 0 Å². The van der Waals surface area contributed by atoms with Crippen molar-refractivity contribution in [3.63, 3.8) is 0 Å². The minimum Gasteiger partial charge on any atom is -0.106 e. The highest BCUT2D eigenvalue weighted by atomic mass is 15.1. The van der Waals surface area contributed by atoms with Gasteiger partial charge >= 0.3 is 0 Å². The van der Waals surface area contributed by atoms with E-state index in [-0.39, 0.29) is 0 Å². The molecule has 0 N–H and O–H groups in total. The minimum absolute atomic E-state index is 2.09. The number of terminal acetylenes is 1. The van der Waals surface area contributed by atoms with Crippen molar-refractivity contribution in [2.75, 3.05) is 0 Å². The van der Waals surface area contributed by atoms with Gasteiger partial charge in [-0.1, -0.05) is 0 Å². The highest BCUT2D eigenvalue weighted by Crippen LogP contribution is 1.61. The lowest BCUT2D eigenvalue weighted by molar-refractivity contribution is 1.61. The Bertz CT molecular complexity index is 498. The smallest absolute Gasteiger partial charge is 0.0127 e. The average Bonchev–Trinajstić information content (AvgIpc) is 2.16. The summed E-state index contributed by atoms with van der Waals surface area (Å²) in [5.41, 5.74) is 7.81. The summed E-state index contributed by atoms with van der Waals surface area (Å²) in [5, 5.41) is 2.93. The molecule has 0 aliphatic rings. The van der Waals surface area contributed by atoms with Crippen molar-refractivity contribution in [1.82, 2.24) is 0 Å². The molecule has 0 spiro atoms. The average molecular weight is 163 g/mol. The predicted molar refractivity (Wildman–Crippen MR) is 49.1 cm³/mol. The Kier molecular flexibility index (Phi) is 7.08. The second-order valence-electron chi connectivity index (χ2n) is 1.32. The van der Waals surface area contributed by atoms with Gasteiger partial charge in [0.05, 0.1) is 0 Å². The van der Waals surface area contributed by atoms with E-state index in [9.17, 15) is 0 Å². The van der Waals surface area contributed by atoms with Crippen molar-refractivity contribution in [3.05, 3.63) is 10.4 Å². The number of nitrogens with zero attached hydrogens (tertiary/aromatic N) is 3. The van der Waals surface area contributed by atoms with E-state index in [0.29, 0.717) is 0 Å². The Morgan fingerprint density at radius 3 is 2.00 bits per heavy atom. The zero-order valence-electron chi connectivity index (χ0n) is 6.42. The largest absolute Gasteiger partial charge is 0.106 e. The lowest BCUT2D eigenvalue weighted by atomic mass is 10.5. The second kappa shape index (κ2) is 9.11. The molecule has 0 rings (SSSR count). The molecular weight excluding hydrogens is 162 g/mol. The SMILES string of the molecule is C#CC#CC#CC#CC#CN=[N+]=[N-]. The monoisotopic (exact) mass is 163 g/mol. The van der Waals surface area contributed by atoms with Gasteiger partial charge in [0.2, 0.25) is 0 Å². The van der Waals surface area contributed by atoms with E-state index in [2.05, 4.69) is 63.4 Å². The molecule has 0 radical (unpaired) electrons. The third-order valence-electron chi connectivity index (χ3n) is 0.598. The molecule has 0 aliphatic heterocycles. The summed E-state index contributed by atoms with van der Waals surface area (Å²) in [4.78, 5) is 2.40. The van der Waals surface area contributed by atoms with Crippen LogP contribution in [0, 0.1) is 59.8 Å². The Morgan fingerprint density at radius 1 is 0.923 bits per heavy atom. The molecule has 0 saturated carbocycles. The molecule has 0 aromatic heterocycles. The van der Waals surface area contributed by atoms with Crippen LogP contribution in [0.15, 0.2) is 5.11 Å². The van der Waals surface area contributed by atoms with E-state index < -0.39 is 0 Å². The first kappa shape index (κ1) is 10.1. The van der Waals surface area contributed by atoms with E-state index in [0.717, 1.165) is 0 Å². The summed E-state index contributed by atoms with van der Waals surface area (Å²) in [6, 6.07) is 2.09. The molecule has 0 bridgehead atoms. The molecule has 3 nitrogen and oxygen atoms in total. The Balaban J connectivity index is 4.16. The minimum atomic E-state index is 2.09. The van der Waals surface area contributed by atoms with Crippen LogP contribution in [0.5, 0.6) is 0 Å². The lowest BCUT2D eigenvalue weighted by Crippen LogP contribution is -1.53. The molecule has 13 heavy (non-hydrogen) atoms. The first-order valence-electron chi connectivity index (χ1n) is 2.91. The van der Waals surface area contributed by atoms with Crippen LogP contribution in [0.25, 0.3) is 10.4 Å². The van der Waals surface area contributed by atoms with Crippen LogP contribution in [0.2, 0.25) is 0 Å². The first-order valence-corrected chi connectivity index (χ1v) is 2.91. The molecule has 0 heterocycles. The van der Waals surface area contributed by atoms with E-state index >= 15 is 0 Å². The fourth-order valence-corrected chi connectivity index (χ4v) is 0.268. The number of hydrogen-bond acceptors (Lipinski definition) is 1. The second-order valence-corrected chi connectivity index (χ2v) is 1.32. The molecule has 56 valence electrons. The summed E-state index contributed by atoms with van der Waals surface area (Å²) in [6.07, 6.45) is 4.83. The first-order chi connectivity index (χ1) is 6.41. The quantitative estimate of drug-likeness (QED) is 0.220. The van der Waals surface area contributed by atoms with Gasteiger partial charge in [-0.25, -0.2) is 0 Å². The molecule has 0 saturated heterocycles. The summed E-state index contributed by atoms with van der Waals surface area (Å²) < 4.78 is 0. The molecular formula is C10HN3. The Hall–Kier alpha value is -2.89. The van der Waals surface area contributed by atoms with Gasteiger partial charge in [0.25, 0.3) is 0 Å². The molecule has 0 aliphatic carbocycles. The van der Waals surface area contributed by atoms with Crippen LogP contribution < -0.4 is 0 Å². The van der Waals surface area contributed by atoms with Crippen molar-refractivity contribution in [2.45, 2.75) is 0 Å². The molecule has 0 aromatic rings. The van der Waals surface area contributed by atoms with Crippen molar-refractivity contribution in [2.24, 2.45) is 5.11 Å². The number of azide groups is 1. The van der Waals surface area contributed by atoms with Gasteiger partial charge in [0, 0.05) is 11.0 Å². The van der Waals surface area contributed by atoms with Gasteiger partial charge in [-0.05, 0) is 58.0 Å². The van der Waals surface area contributed by atoms with Crippen LogP contribution in [-0.4, -0.2) is 0 Å². The van der Waals surface area contributed by atoms with Crippen molar-refractivity contribution < 1.29 is 0 Å². The van der Waals surface area contributed by atoms with Crippen molar-refractivity contribution in [1.29, 1.82) is 0 Å². The molecule has 0 aromatic carbocycles. The van der Waals surface area contributed by atoms with Gasteiger partial charge in [-0.2, -0.15) is 0 Å². The topological polar surface area (TPSA) is 48.8 Å². The highest BCUT2D eigenvalue weighted by molar-refractivity contribution is 5.41. The van der Waals surface area contributed by atoms with Crippen molar-refractivity contribution >= 4 is 0 Å². The fraction of sp³-hybridized carbons (Fsp3) is 0. The van der Waals surface area contributed by atoms with Gasteiger partial charge in [0.15, 0.2) is 0 Å². The Labute approximate surface area is 76.2 Å². The Morgan fingerprint density at radius 2 is 1.46 bits per heavy atom. The highest BCUT2D eigenvalue weighted by Gasteiger charge is 1.55. The predicted octanol–water partition coefficient (Wildman–Crippen LogP) is 0.901. The number of hydrogen-bond donors (Lipinski definition) is 0. The maximum Gasteiger partial charge on any atom is 0.0127 e. The zero-order valence-corrected chi connectivity index (χ0v) is 6.42. The third kappa shape index (κ3) is 9.11. The summed E-state index contributed by atoms with van der Waals surface area (Å²) in [6.45, 7) is 0. The standard InChI is InChI=1S/C10HN3/c1-2-3-4-5-6-7-8-9-10-12-13-11/h1H. The molecule has 3 heteroatoms. The lowest BCUT2D eigenvalue weighted by Gasteiger charge is -1.54. The normalized spacial score (nSPS) is 3.92. The summed E-state index contributed by atoms with van der Waals surface area (Å²) in [5.74, 6) is 18.4. The van der Waals surface area contributed by atoms with Crippen LogP contribution in [-0.2, 0) is 0 Å². The maximum absolute atomic E-state index is 7.81. The van der Waals surface area contributed by atoms with Crippen LogP contribution in [0.3, 0.4) is 0 Å². The van der Waals surface area contributed by atoms with E-state index in [1.807, 2.05) is 0 Å². The third-order valence-corrected chi connectivity index (χ3v) is 0.598. The van der Waals surface area contributed by atoms with Gasteiger partial charge in [-0.3, -0.25) is 0 Å². The zero-order chi connectivity index (χ0) is 9.78. The van der Waals surface area contributed by atoms with E-state index in [1.165, 1.54) is 0 Å². The fourth-order valence-electron chi connectivity index (χ4n) is 0.268. The molecule has 0 amide bonds. The van der Waals surface area contributed by atoms with Gasteiger partial charge < -0.3 is 0 Å². The molecule has 0 unspecified atom stereocenters. The van der Waals surface area contributed by atoms with E-state index in [4.69, 9.17) is 12.0 Å². The van der Waals surface area contributed by atoms with Gasteiger partial charge in [0.1, 0.15) is 0 Å². The molecule has 0 atom stereocenters. The maximum atomic E-state index is 7.81. The summed E-state index contributed by atoms with van der Waals surface area (Å²) in [7, 11) is 0. The summed E-state index contributed by atoms with van der Waals surface area (Å²) >= 11 is 0. The number of rotatable bonds is 0. The van der Waals surface area contributed by atoms with Crippen molar-refractivity contribution in [3.8, 4) is 59.8 Å². The van der Waals surface area contributed by atoms with Crippen LogP contribution >= 0.6 is 0 Å². The van der Waals surface area contributed by atoms with Crippen LogP contribution in [0.1, 0.15) is 0 Å². The van der Waals surface area contributed by atoms with Gasteiger partial charge in [-0.15, -0.1) is 6.42 Å². The van der Waals surface area contributed by atoms with E-state index in [1.54, 1.807) is 0 Å². The molecule has 0 fully saturated rings.